The van der Waals surface area contributed by atoms with Crippen molar-refractivity contribution in [1.29, 1.82) is 0 Å². The summed E-state index contributed by atoms with van der Waals surface area (Å²) in [6.07, 6.45) is 2.03. The Hall–Kier alpha value is -2.46. The van der Waals surface area contributed by atoms with E-state index >= 15 is 0 Å². The zero-order valence-electron chi connectivity index (χ0n) is 11.0. The molecule has 0 radical (unpaired) electrons. The maximum absolute atomic E-state index is 13.1. The van der Waals surface area contributed by atoms with E-state index in [4.69, 9.17) is 0 Å². The summed E-state index contributed by atoms with van der Waals surface area (Å²) in [4.78, 5) is 5.59. The van der Waals surface area contributed by atoms with Crippen molar-refractivity contribution in [2.24, 2.45) is 0 Å². The van der Waals surface area contributed by atoms with Gasteiger partial charge in [-0.3, -0.25) is 4.40 Å². The molecule has 4 aromatic rings. The minimum atomic E-state index is -0.221. The third kappa shape index (κ3) is 2.14. The van der Waals surface area contributed by atoms with E-state index in [0.717, 1.165) is 27.5 Å². The second-order valence-corrected chi connectivity index (χ2v) is 5.61. The summed E-state index contributed by atoms with van der Waals surface area (Å²) in [5.74, 6) is -0.221. The number of thiazole rings is 1. The Morgan fingerprint density at radius 2 is 1.67 bits per heavy atom. The van der Waals surface area contributed by atoms with E-state index in [0.29, 0.717) is 0 Å². The number of halogens is 1. The molecule has 2 aromatic heterocycles. The van der Waals surface area contributed by atoms with Gasteiger partial charge in [0, 0.05) is 17.1 Å². The number of rotatable bonds is 2. The zero-order chi connectivity index (χ0) is 14.2. The van der Waals surface area contributed by atoms with Gasteiger partial charge in [-0.15, -0.1) is 11.3 Å². The summed E-state index contributed by atoms with van der Waals surface area (Å²) in [6.45, 7) is 0. The molecule has 0 atom stereocenters. The average Bonchev–Trinajstić information content (AvgIpc) is 3.09. The molecule has 2 nitrogen and oxygen atoms in total. The quantitative estimate of drug-likeness (QED) is 0.515. The second-order valence-electron chi connectivity index (χ2n) is 4.77. The van der Waals surface area contributed by atoms with E-state index in [2.05, 4.69) is 9.38 Å². The summed E-state index contributed by atoms with van der Waals surface area (Å²) in [6, 6.07) is 16.6. The van der Waals surface area contributed by atoms with Crippen LogP contribution < -0.4 is 0 Å². The van der Waals surface area contributed by atoms with Gasteiger partial charge < -0.3 is 0 Å². The highest BCUT2D eigenvalue weighted by molar-refractivity contribution is 7.15. The van der Waals surface area contributed by atoms with Crippen LogP contribution in [-0.4, -0.2) is 9.38 Å². The van der Waals surface area contributed by atoms with Gasteiger partial charge in [0.05, 0.1) is 11.4 Å². The molecule has 0 spiro atoms. The highest BCUT2D eigenvalue weighted by atomic mass is 32.1. The molecule has 2 aromatic carbocycles. The average molecular weight is 294 g/mol. The van der Waals surface area contributed by atoms with Crippen molar-refractivity contribution in [2.45, 2.75) is 0 Å². The van der Waals surface area contributed by atoms with Crippen molar-refractivity contribution in [1.82, 2.24) is 9.38 Å². The largest absolute Gasteiger partial charge is 0.290 e. The lowest BCUT2D eigenvalue weighted by Crippen LogP contribution is -1.84. The van der Waals surface area contributed by atoms with Gasteiger partial charge in [0.2, 0.25) is 0 Å². The smallest absolute Gasteiger partial charge is 0.194 e. The number of benzene rings is 2. The van der Waals surface area contributed by atoms with Crippen LogP contribution >= 0.6 is 11.3 Å². The van der Waals surface area contributed by atoms with E-state index in [9.17, 15) is 4.39 Å². The maximum Gasteiger partial charge on any atom is 0.194 e. The predicted molar refractivity (Wildman–Crippen MR) is 83.9 cm³/mol. The van der Waals surface area contributed by atoms with Crippen LogP contribution in [0.4, 0.5) is 4.39 Å². The van der Waals surface area contributed by atoms with E-state index < -0.39 is 0 Å². The SMILES string of the molecule is Fc1ccc(-c2csc3nc(-c4ccccc4)cn23)cc1. The predicted octanol–water partition coefficient (Wildman–Crippen LogP) is 4.87. The van der Waals surface area contributed by atoms with Crippen molar-refractivity contribution >= 4 is 16.3 Å². The van der Waals surface area contributed by atoms with Gasteiger partial charge in [0.1, 0.15) is 5.82 Å². The molecule has 0 aliphatic heterocycles. The van der Waals surface area contributed by atoms with Crippen LogP contribution in [0.3, 0.4) is 0 Å². The maximum atomic E-state index is 13.1. The third-order valence-corrected chi connectivity index (χ3v) is 4.26. The number of nitrogens with zero attached hydrogens (tertiary/aromatic N) is 2. The van der Waals surface area contributed by atoms with Crippen LogP contribution in [0.15, 0.2) is 66.2 Å². The van der Waals surface area contributed by atoms with Crippen LogP contribution in [0.1, 0.15) is 0 Å². The Morgan fingerprint density at radius 1 is 0.905 bits per heavy atom. The highest BCUT2D eigenvalue weighted by Gasteiger charge is 2.10. The molecule has 0 fully saturated rings. The first kappa shape index (κ1) is 12.3. The van der Waals surface area contributed by atoms with E-state index in [1.54, 1.807) is 23.5 Å². The first-order valence-electron chi connectivity index (χ1n) is 6.59. The van der Waals surface area contributed by atoms with Crippen molar-refractivity contribution in [3.8, 4) is 22.5 Å². The molecule has 0 bridgehead atoms. The molecule has 0 aliphatic rings. The minimum absolute atomic E-state index is 0.221. The Bertz CT molecular complexity index is 892. The lowest BCUT2D eigenvalue weighted by Gasteiger charge is -1.99. The van der Waals surface area contributed by atoms with Crippen LogP contribution in [0.2, 0.25) is 0 Å². The number of imidazole rings is 1. The first-order valence-corrected chi connectivity index (χ1v) is 7.47. The zero-order valence-corrected chi connectivity index (χ0v) is 11.8. The van der Waals surface area contributed by atoms with Crippen LogP contribution in [-0.2, 0) is 0 Å². The van der Waals surface area contributed by atoms with E-state index in [1.165, 1.54) is 12.1 Å². The molecule has 4 heteroatoms. The molecule has 0 saturated heterocycles. The van der Waals surface area contributed by atoms with Gasteiger partial charge in [-0.1, -0.05) is 30.3 Å². The molecule has 102 valence electrons. The summed E-state index contributed by atoms with van der Waals surface area (Å²) in [7, 11) is 0. The lowest BCUT2D eigenvalue weighted by molar-refractivity contribution is 0.628. The Morgan fingerprint density at radius 3 is 2.43 bits per heavy atom. The summed E-state index contributed by atoms with van der Waals surface area (Å²) >= 11 is 1.59. The molecule has 0 amide bonds. The Balaban J connectivity index is 1.85. The van der Waals surface area contributed by atoms with E-state index in [-0.39, 0.29) is 5.82 Å². The summed E-state index contributed by atoms with van der Waals surface area (Å²) in [5, 5.41) is 2.05. The molecule has 4 rings (SSSR count). The standard InChI is InChI=1S/C17H11FN2S/c18-14-8-6-13(7-9-14)16-11-21-17-19-15(10-20(16)17)12-4-2-1-3-5-12/h1-11H. The highest BCUT2D eigenvalue weighted by Crippen LogP contribution is 2.29. The van der Waals surface area contributed by atoms with E-state index in [1.807, 2.05) is 41.9 Å². The Kier molecular flexibility index (Phi) is 2.82. The van der Waals surface area contributed by atoms with Gasteiger partial charge >= 0.3 is 0 Å². The normalized spacial score (nSPS) is 11.1. The minimum Gasteiger partial charge on any atom is -0.290 e. The van der Waals surface area contributed by atoms with Gasteiger partial charge in [-0.05, 0) is 29.8 Å². The van der Waals surface area contributed by atoms with Gasteiger partial charge in [-0.2, -0.15) is 0 Å². The van der Waals surface area contributed by atoms with Crippen LogP contribution in [0.5, 0.6) is 0 Å². The molecular formula is C17H11FN2S. The fourth-order valence-corrected chi connectivity index (χ4v) is 3.24. The molecule has 0 aliphatic carbocycles. The molecule has 21 heavy (non-hydrogen) atoms. The fraction of sp³-hybridized carbons (Fsp3) is 0. The van der Waals surface area contributed by atoms with Gasteiger partial charge in [0.15, 0.2) is 4.96 Å². The number of hydrogen-bond acceptors (Lipinski definition) is 2. The summed E-state index contributed by atoms with van der Waals surface area (Å²) in [5.41, 5.74) is 4.06. The summed E-state index contributed by atoms with van der Waals surface area (Å²) < 4.78 is 15.1. The van der Waals surface area contributed by atoms with Gasteiger partial charge in [0.25, 0.3) is 0 Å². The molecular weight excluding hydrogens is 283 g/mol. The fourth-order valence-electron chi connectivity index (χ4n) is 2.36. The molecule has 2 heterocycles. The number of aromatic nitrogens is 2. The van der Waals surface area contributed by atoms with Crippen molar-refractivity contribution < 1.29 is 4.39 Å². The molecule has 0 N–H and O–H groups in total. The van der Waals surface area contributed by atoms with Crippen molar-refractivity contribution in [2.75, 3.05) is 0 Å². The van der Waals surface area contributed by atoms with Crippen molar-refractivity contribution in [3.05, 3.63) is 72.0 Å². The topological polar surface area (TPSA) is 17.3 Å². The monoisotopic (exact) mass is 294 g/mol. The van der Waals surface area contributed by atoms with Crippen LogP contribution in [0, 0.1) is 5.82 Å². The lowest BCUT2D eigenvalue weighted by atomic mass is 10.1. The van der Waals surface area contributed by atoms with Crippen molar-refractivity contribution in [3.63, 3.8) is 0 Å². The first-order chi connectivity index (χ1) is 10.3. The van der Waals surface area contributed by atoms with Crippen LogP contribution in [0.25, 0.3) is 27.5 Å². The number of fused-ring (bicyclic) bond motifs is 1. The third-order valence-electron chi connectivity index (χ3n) is 3.42. The molecule has 0 unspecified atom stereocenters. The Labute approximate surface area is 125 Å². The molecule has 0 saturated carbocycles. The second kappa shape index (κ2) is 4.82. The number of hydrogen-bond donors (Lipinski definition) is 0. The van der Waals surface area contributed by atoms with Gasteiger partial charge in [-0.25, -0.2) is 9.37 Å².